The molecule has 0 saturated carbocycles. The first-order valence-corrected chi connectivity index (χ1v) is 6.71. The van der Waals surface area contributed by atoms with Crippen LogP contribution in [0.1, 0.15) is 21.6 Å². The van der Waals surface area contributed by atoms with E-state index in [-0.39, 0.29) is 5.91 Å². The highest BCUT2D eigenvalue weighted by molar-refractivity contribution is 5.95. The molecule has 106 valence electrons. The second kappa shape index (κ2) is 6.86. The molecule has 0 fully saturated rings. The highest BCUT2D eigenvalue weighted by atomic mass is 16.1. The van der Waals surface area contributed by atoms with Gasteiger partial charge in [-0.05, 0) is 19.5 Å². The Morgan fingerprint density at radius 1 is 1.25 bits per heavy atom. The molecule has 2 aromatic rings. The van der Waals surface area contributed by atoms with E-state index in [1.54, 1.807) is 6.20 Å². The Kier molecular flexibility index (Phi) is 4.90. The van der Waals surface area contributed by atoms with Crippen LogP contribution < -0.4 is 10.6 Å². The van der Waals surface area contributed by atoms with E-state index in [4.69, 9.17) is 0 Å². The molecule has 0 saturated heterocycles. The molecule has 0 spiro atoms. The molecule has 20 heavy (non-hydrogen) atoms. The third-order valence-corrected chi connectivity index (χ3v) is 3.18. The third-order valence-electron chi connectivity index (χ3n) is 3.18. The van der Waals surface area contributed by atoms with Gasteiger partial charge in [-0.3, -0.25) is 9.48 Å². The van der Waals surface area contributed by atoms with Crippen LogP contribution in [0.3, 0.4) is 0 Å². The van der Waals surface area contributed by atoms with Gasteiger partial charge in [0.25, 0.3) is 5.91 Å². The van der Waals surface area contributed by atoms with Crippen molar-refractivity contribution in [2.24, 2.45) is 0 Å². The van der Waals surface area contributed by atoms with Gasteiger partial charge in [-0.25, -0.2) is 0 Å². The summed E-state index contributed by atoms with van der Waals surface area (Å²) in [5, 5.41) is 10.2. The normalized spacial score (nSPS) is 10.5. The van der Waals surface area contributed by atoms with Crippen LogP contribution in [0.4, 0.5) is 0 Å². The van der Waals surface area contributed by atoms with Crippen LogP contribution in [0.5, 0.6) is 0 Å². The lowest BCUT2D eigenvalue weighted by molar-refractivity contribution is 0.0953. The molecule has 2 rings (SSSR count). The molecule has 0 aliphatic heterocycles. The van der Waals surface area contributed by atoms with Crippen LogP contribution in [0.2, 0.25) is 0 Å². The first-order valence-electron chi connectivity index (χ1n) is 6.71. The third kappa shape index (κ3) is 3.45. The number of hydrogen-bond donors (Lipinski definition) is 2. The number of rotatable bonds is 6. The fourth-order valence-corrected chi connectivity index (χ4v) is 1.98. The van der Waals surface area contributed by atoms with Crippen LogP contribution in [0.25, 0.3) is 0 Å². The van der Waals surface area contributed by atoms with Crippen molar-refractivity contribution in [1.82, 2.24) is 20.4 Å². The Balaban J connectivity index is 2.05. The van der Waals surface area contributed by atoms with E-state index in [0.717, 1.165) is 12.2 Å². The number of likely N-dealkylation sites (N-methyl/N-ethyl adjacent to an activating group) is 1. The van der Waals surface area contributed by atoms with E-state index in [2.05, 4.69) is 15.7 Å². The molecule has 1 heterocycles. The van der Waals surface area contributed by atoms with Crippen LogP contribution in [0, 0.1) is 6.92 Å². The molecule has 0 aliphatic carbocycles. The molecule has 5 nitrogen and oxygen atoms in total. The second-order valence-electron chi connectivity index (χ2n) is 4.65. The zero-order chi connectivity index (χ0) is 14.4. The monoisotopic (exact) mass is 272 g/mol. The van der Waals surface area contributed by atoms with Gasteiger partial charge in [0.1, 0.15) is 0 Å². The fourth-order valence-electron chi connectivity index (χ4n) is 1.98. The number of aromatic nitrogens is 2. The number of hydrogen-bond acceptors (Lipinski definition) is 3. The van der Waals surface area contributed by atoms with Crippen molar-refractivity contribution in [3.8, 4) is 0 Å². The van der Waals surface area contributed by atoms with Gasteiger partial charge in [0.2, 0.25) is 0 Å². The van der Waals surface area contributed by atoms with Crippen molar-refractivity contribution in [1.29, 1.82) is 0 Å². The largest absolute Gasteiger partial charge is 0.351 e. The molecular formula is C15H20N4O. The number of nitrogens with one attached hydrogen (secondary N) is 2. The Bertz CT molecular complexity index is 563. The first-order chi connectivity index (χ1) is 9.72. The predicted molar refractivity (Wildman–Crippen MR) is 78.8 cm³/mol. The molecule has 0 aliphatic rings. The maximum Gasteiger partial charge on any atom is 0.254 e. The predicted octanol–water partition coefficient (Wildman–Crippen LogP) is 1.19. The van der Waals surface area contributed by atoms with Crippen molar-refractivity contribution in [3.63, 3.8) is 0 Å². The highest BCUT2D eigenvalue weighted by Crippen LogP contribution is 2.10. The summed E-state index contributed by atoms with van der Waals surface area (Å²) in [5.41, 5.74) is 2.69. The molecule has 1 aromatic heterocycles. The van der Waals surface area contributed by atoms with Gasteiger partial charge in [-0.1, -0.05) is 30.3 Å². The number of carbonyl (C=O) groups is 1. The Morgan fingerprint density at radius 2 is 2.00 bits per heavy atom. The van der Waals surface area contributed by atoms with E-state index in [0.29, 0.717) is 18.7 Å². The summed E-state index contributed by atoms with van der Waals surface area (Å²) in [6, 6.07) is 10.1. The summed E-state index contributed by atoms with van der Waals surface area (Å²) >= 11 is 0. The van der Waals surface area contributed by atoms with Crippen LogP contribution in [0.15, 0.2) is 36.5 Å². The summed E-state index contributed by atoms with van der Waals surface area (Å²) < 4.78 is 1.85. The van der Waals surface area contributed by atoms with Gasteiger partial charge < -0.3 is 10.6 Å². The minimum Gasteiger partial charge on any atom is -0.351 e. The molecule has 1 aromatic carbocycles. The molecule has 0 atom stereocenters. The van der Waals surface area contributed by atoms with Gasteiger partial charge in [-0.2, -0.15) is 5.10 Å². The Hall–Kier alpha value is -2.14. The number of nitrogens with zero attached hydrogens (tertiary/aromatic N) is 2. The average Bonchev–Trinajstić information content (AvgIpc) is 2.82. The van der Waals surface area contributed by atoms with Gasteiger partial charge in [-0.15, -0.1) is 0 Å². The van der Waals surface area contributed by atoms with Gasteiger partial charge in [0.05, 0.1) is 18.3 Å². The highest BCUT2D eigenvalue weighted by Gasteiger charge is 2.13. The summed E-state index contributed by atoms with van der Waals surface area (Å²) in [5.74, 6) is -0.0722. The summed E-state index contributed by atoms with van der Waals surface area (Å²) in [6.45, 7) is 3.96. The molecule has 0 unspecified atom stereocenters. The molecule has 2 N–H and O–H groups in total. The topological polar surface area (TPSA) is 58.9 Å². The lowest BCUT2D eigenvalue weighted by atomic mass is 10.2. The van der Waals surface area contributed by atoms with Gasteiger partial charge in [0, 0.05) is 18.8 Å². The van der Waals surface area contributed by atoms with Crippen LogP contribution in [-0.4, -0.2) is 35.8 Å². The van der Waals surface area contributed by atoms with E-state index in [1.165, 1.54) is 5.56 Å². The van der Waals surface area contributed by atoms with E-state index < -0.39 is 0 Å². The van der Waals surface area contributed by atoms with Crippen LogP contribution in [-0.2, 0) is 6.54 Å². The minimum atomic E-state index is -0.0722. The van der Waals surface area contributed by atoms with Gasteiger partial charge >= 0.3 is 0 Å². The van der Waals surface area contributed by atoms with Crippen LogP contribution >= 0.6 is 0 Å². The van der Waals surface area contributed by atoms with Crippen molar-refractivity contribution in [2.45, 2.75) is 13.5 Å². The first kappa shape index (κ1) is 14.3. The quantitative estimate of drug-likeness (QED) is 0.777. The van der Waals surface area contributed by atoms with Crippen molar-refractivity contribution in [3.05, 3.63) is 53.3 Å². The molecule has 0 bridgehead atoms. The van der Waals surface area contributed by atoms with Crippen molar-refractivity contribution >= 4 is 5.91 Å². The molecule has 0 radical (unpaired) electrons. The summed E-state index contributed by atoms with van der Waals surface area (Å²) in [4.78, 5) is 12.0. The minimum absolute atomic E-state index is 0.0722. The standard InChI is InChI=1S/C15H20N4O/c1-12-14(15(20)17-9-8-16-2)10-18-19(12)11-13-6-4-3-5-7-13/h3-7,10,16H,8-9,11H2,1-2H3,(H,17,20). The number of carbonyl (C=O) groups excluding carboxylic acids is 1. The lowest BCUT2D eigenvalue weighted by Crippen LogP contribution is -2.30. The van der Waals surface area contributed by atoms with Crippen molar-refractivity contribution in [2.75, 3.05) is 20.1 Å². The zero-order valence-corrected chi connectivity index (χ0v) is 11.9. The Morgan fingerprint density at radius 3 is 2.70 bits per heavy atom. The van der Waals surface area contributed by atoms with E-state index in [9.17, 15) is 4.79 Å². The Labute approximate surface area is 119 Å². The number of amides is 1. The SMILES string of the molecule is CNCCNC(=O)c1cnn(Cc2ccccc2)c1C. The summed E-state index contributed by atoms with van der Waals surface area (Å²) in [7, 11) is 1.86. The maximum atomic E-state index is 12.0. The zero-order valence-electron chi connectivity index (χ0n) is 11.9. The fraction of sp³-hybridized carbons (Fsp3) is 0.333. The van der Waals surface area contributed by atoms with E-state index in [1.807, 2.05) is 49.0 Å². The second-order valence-corrected chi connectivity index (χ2v) is 4.65. The average molecular weight is 272 g/mol. The maximum absolute atomic E-state index is 12.0. The molecule has 1 amide bonds. The lowest BCUT2D eigenvalue weighted by Gasteiger charge is -2.06. The van der Waals surface area contributed by atoms with Gasteiger partial charge in [0.15, 0.2) is 0 Å². The van der Waals surface area contributed by atoms with Crippen molar-refractivity contribution < 1.29 is 4.79 Å². The summed E-state index contributed by atoms with van der Waals surface area (Å²) in [6.07, 6.45) is 1.63. The molecule has 5 heteroatoms. The number of benzene rings is 1. The molecular weight excluding hydrogens is 252 g/mol. The van der Waals surface area contributed by atoms with E-state index >= 15 is 0 Å². The smallest absolute Gasteiger partial charge is 0.254 e.